The van der Waals surface area contributed by atoms with Crippen molar-refractivity contribution in [1.82, 2.24) is 5.32 Å². The molecule has 24 heavy (non-hydrogen) atoms. The van der Waals surface area contributed by atoms with Gasteiger partial charge in [0, 0.05) is 25.3 Å². The molecule has 4 nitrogen and oxygen atoms in total. The van der Waals surface area contributed by atoms with Gasteiger partial charge in [0.15, 0.2) is 0 Å². The molecule has 0 saturated heterocycles. The second kappa shape index (κ2) is 9.50. The molecule has 0 spiro atoms. The second-order valence-electron chi connectivity index (χ2n) is 5.78. The largest absolute Gasteiger partial charge is 0.481 e. The maximum atomic E-state index is 12.0. The minimum absolute atomic E-state index is 0.0303. The first kappa shape index (κ1) is 17.7. The molecule has 0 bridgehead atoms. The van der Waals surface area contributed by atoms with E-state index >= 15 is 0 Å². The Morgan fingerprint density at radius 2 is 1.33 bits per heavy atom. The molecule has 0 aliphatic rings. The minimum atomic E-state index is -0.816. The Bertz CT molecular complexity index is 601. The van der Waals surface area contributed by atoms with Crippen LogP contribution in [0.15, 0.2) is 60.7 Å². The predicted molar refractivity (Wildman–Crippen MR) is 93.8 cm³/mol. The number of carbonyl (C=O) groups excluding carboxylic acids is 1. The Balaban J connectivity index is 1.92. The van der Waals surface area contributed by atoms with Crippen LogP contribution in [0, 0.1) is 0 Å². The zero-order valence-electron chi connectivity index (χ0n) is 13.7. The molecule has 2 aromatic rings. The summed E-state index contributed by atoms with van der Waals surface area (Å²) in [6.45, 7) is 0.534. The number of benzene rings is 2. The second-order valence-corrected chi connectivity index (χ2v) is 5.78. The Morgan fingerprint density at radius 1 is 0.833 bits per heavy atom. The molecule has 0 fully saturated rings. The lowest BCUT2D eigenvalue weighted by Gasteiger charge is -2.19. The summed E-state index contributed by atoms with van der Waals surface area (Å²) in [6, 6.07) is 20.2. The number of aliphatic carboxylic acids is 1. The van der Waals surface area contributed by atoms with E-state index in [0.29, 0.717) is 25.8 Å². The molecule has 0 saturated carbocycles. The van der Waals surface area contributed by atoms with Gasteiger partial charge in [0.2, 0.25) is 5.91 Å². The van der Waals surface area contributed by atoms with Gasteiger partial charge in [0.1, 0.15) is 0 Å². The van der Waals surface area contributed by atoms with Crippen molar-refractivity contribution in [2.24, 2.45) is 0 Å². The van der Waals surface area contributed by atoms with E-state index in [4.69, 9.17) is 5.11 Å². The first-order chi connectivity index (χ1) is 11.7. The van der Waals surface area contributed by atoms with Gasteiger partial charge >= 0.3 is 5.97 Å². The topological polar surface area (TPSA) is 66.4 Å². The highest BCUT2D eigenvalue weighted by molar-refractivity contribution is 5.76. The highest BCUT2D eigenvalue weighted by Gasteiger charge is 2.14. The van der Waals surface area contributed by atoms with Gasteiger partial charge in [-0.15, -0.1) is 0 Å². The van der Waals surface area contributed by atoms with Gasteiger partial charge in [0.25, 0.3) is 0 Å². The van der Waals surface area contributed by atoms with Crippen LogP contribution in [0.1, 0.15) is 42.7 Å². The van der Waals surface area contributed by atoms with Gasteiger partial charge < -0.3 is 10.4 Å². The Labute approximate surface area is 142 Å². The number of hydrogen-bond donors (Lipinski definition) is 2. The molecule has 2 N–H and O–H groups in total. The maximum absolute atomic E-state index is 12.0. The van der Waals surface area contributed by atoms with Crippen molar-refractivity contribution in [3.05, 3.63) is 71.8 Å². The number of unbranched alkanes of at least 4 members (excludes halogenated alkanes) is 1. The SMILES string of the molecule is O=C(O)CCCCC(=O)NCC(c1ccccc1)c1ccccc1. The third-order valence-corrected chi connectivity index (χ3v) is 3.95. The molecule has 2 rings (SSSR count). The van der Waals surface area contributed by atoms with Crippen molar-refractivity contribution < 1.29 is 14.7 Å². The van der Waals surface area contributed by atoms with E-state index in [9.17, 15) is 9.59 Å². The molecule has 0 aliphatic heterocycles. The van der Waals surface area contributed by atoms with Crippen molar-refractivity contribution in [3.63, 3.8) is 0 Å². The summed E-state index contributed by atoms with van der Waals surface area (Å²) in [5.41, 5.74) is 2.32. The smallest absolute Gasteiger partial charge is 0.303 e. The van der Waals surface area contributed by atoms with Crippen molar-refractivity contribution >= 4 is 11.9 Å². The van der Waals surface area contributed by atoms with E-state index < -0.39 is 5.97 Å². The van der Waals surface area contributed by atoms with Crippen LogP contribution in [-0.2, 0) is 9.59 Å². The molecule has 0 aromatic heterocycles. The molecule has 0 unspecified atom stereocenters. The molecule has 0 heterocycles. The van der Waals surface area contributed by atoms with Crippen LogP contribution in [0.5, 0.6) is 0 Å². The third kappa shape index (κ3) is 5.88. The first-order valence-electron chi connectivity index (χ1n) is 8.25. The number of carboxylic acid groups (broad SMARTS) is 1. The van der Waals surface area contributed by atoms with Crippen LogP contribution in [0.4, 0.5) is 0 Å². The van der Waals surface area contributed by atoms with Crippen molar-refractivity contribution in [1.29, 1.82) is 0 Å². The molecular formula is C20H23NO3. The highest BCUT2D eigenvalue weighted by Crippen LogP contribution is 2.23. The van der Waals surface area contributed by atoms with Crippen LogP contribution >= 0.6 is 0 Å². The van der Waals surface area contributed by atoms with Crippen molar-refractivity contribution in [2.75, 3.05) is 6.54 Å². The van der Waals surface area contributed by atoms with Gasteiger partial charge in [-0.2, -0.15) is 0 Å². The average molecular weight is 325 g/mol. The minimum Gasteiger partial charge on any atom is -0.481 e. The summed E-state index contributed by atoms with van der Waals surface area (Å²) in [6.07, 6.45) is 1.61. The van der Waals surface area contributed by atoms with Crippen LogP contribution in [0.3, 0.4) is 0 Å². The zero-order chi connectivity index (χ0) is 17.2. The lowest BCUT2D eigenvalue weighted by Crippen LogP contribution is -2.28. The predicted octanol–water partition coefficient (Wildman–Crippen LogP) is 3.58. The summed E-state index contributed by atoms with van der Waals surface area (Å²) in [4.78, 5) is 22.5. The van der Waals surface area contributed by atoms with E-state index in [1.54, 1.807) is 0 Å². The lowest BCUT2D eigenvalue weighted by molar-refractivity contribution is -0.137. The molecule has 4 heteroatoms. The zero-order valence-corrected chi connectivity index (χ0v) is 13.7. The van der Waals surface area contributed by atoms with Gasteiger partial charge in [-0.3, -0.25) is 9.59 Å². The number of amides is 1. The Kier molecular flexibility index (Phi) is 7.02. The van der Waals surface area contributed by atoms with Crippen molar-refractivity contribution in [2.45, 2.75) is 31.6 Å². The van der Waals surface area contributed by atoms with E-state index in [0.717, 1.165) is 11.1 Å². The summed E-state index contributed by atoms with van der Waals surface area (Å²) in [5.74, 6) is -0.740. The lowest BCUT2D eigenvalue weighted by atomic mass is 9.91. The molecule has 126 valence electrons. The first-order valence-corrected chi connectivity index (χ1v) is 8.25. The fraction of sp³-hybridized carbons (Fsp3) is 0.300. The highest BCUT2D eigenvalue weighted by atomic mass is 16.4. The standard InChI is InChI=1S/C20H23NO3/c22-19(13-7-8-14-20(23)24)21-15-18(16-9-3-1-4-10-16)17-11-5-2-6-12-17/h1-6,9-12,18H,7-8,13-15H2,(H,21,22)(H,23,24). The molecule has 0 radical (unpaired) electrons. The third-order valence-electron chi connectivity index (χ3n) is 3.95. The number of rotatable bonds is 9. The van der Waals surface area contributed by atoms with Gasteiger partial charge in [0.05, 0.1) is 0 Å². The molecule has 1 amide bonds. The summed E-state index contributed by atoms with van der Waals surface area (Å²) >= 11 is 0. The van der Waals surface area contributed by atoms with Crippen LogP contribution < -0.4 is 5.32 Å². The number of carboxylic acids is 1. The molecule has 0 atom stereocenters. The van der Waals surface area contributed by atoms with Gasteiger partial charge in [-0.25, -0.2) is 0 Å². The molecular weight excluding hydrogens is 302 g/mol. The Morgan fingerprint density at radius 3 is 1.83 bits per heavy atom. The monoisotopic (exact) mass is 325 g/mol. The number of carbonyl (C=O) groups is 2. The average Bonchev–Trinajstić information content (AvgIpc) is 2.61. The molecule has 2 aromatic carbocycles. The molecule has 0 aliphatic carbocycles. The Hall–Kier alpha value is -2.62. The van der Waals surface area contributed by atoms with E-state index in [1.807, 2.05) is 36.4 Å². The summed E-state index contributed by atoms with van der Waals surface area (Å²) in [5, 5.41) is 11.6. The summed E-state index contributed by atoms with van der Waals surface area (Å²) < 4.78 is 0. The fourth-order valence-electron chi connectivity index (χ4n) is 2.66. The van der Waals surface area contributed by atoms with Gasteiger partial charge in [-0.1, -0.05) is 60.7 Å². The van der Waals surface area contributed by atoms with Crippen molar-refractivity contribution in [3.8, 4) is 0 Å². The van der Waals surface area contributed by atoms with E-state index in [1.165, 1.54) is 0 Å². The number of nitrogens with one attached hydrogen (secondary N) is 1. The van der Waals surface area contributed by atoms with Crippen LogP contribution in [-0.4, -0.2) is 23.5 Å². The van der Waals surface area contributed by atoms with E-state index in [2.05, 4.69) is 29.6 Å². The van der Waals surface area contributed by atoms with E-state index in [-0.39, 0.29) is 18.2 Å². The number of hydrogen-bond acceptors (Lipinski definition) is 2. The quantitative estimate of drug-likeness (QED) is 0.693. The normalized spacial score (nSPS) is 10.5. The summed E-state index contributed by atoms with van der Waals surface area (Å²) in [7, 11) is 0. The van der Waals surface area contributed by atoms with Crippen LogP contribution in [0.2, 0.25) is 0 Å². The maximum Gasteiger partial charge on any atom is 0.303 e. The van der Waals surface area contributed by atoms with Gasteiger partial charge in [-0.05, 0) is 24.0 Å². The van der Waals surface area contributed by atoms with Crippen LogP contribution in [0.25, 0.3) is 0 Å². The fourth-order valence-corrected chi connectivity index (χ4v) is 2.66.